The monoisotopic (exact) mass is 373 g/mol. The molecule has 0 saturated heterocycles. The van der Waals surface area contributed by atoms with E-state index in [0.717, 1.165) is 5.56 Å². The van der Waals surface area contributed by atoms with Crippen molar-refractivity contribution in [3.05, 3.63) is 66.2 Å². The molecule has 0 aliphatic carbocycles. The molecule has 0 fully saturated rings. The van der Waals surface area contributed by atoms with Gasteiger partial charge in [-0.1, -0.05) is 30.3 Å². The van der Waals surface area contributed by atoms with E-state index in [9.17, 15) is 13.2 Å². The van der Waals surface area contributed by atoms with Crippen molar-refractivity contribution in [3.8, 4) is 17.1 Å². The van der Waals surface area contributed by atoms with Gasteiger partial charge in [0.15, 0.2) is 11.6 Å². The number of aromatic nitrogens is 2. The molecule has 0 saturated carbocycles. The van der Waals surface area contributed by atoms with E-state index in [1.165, 1.54) is 36.5 Å². The number of nitrogens with one attached hydrogen (secondary N) is 1. The van der Waals surface area contributed by atoms with Crippen molar-refractivity contribution < 1.29 is 17.9 Å². The Bertz CT molecular complexity index is 928. The molecule has 1 aromatic heterocycles. The number of nitrogens with zero attached hydrogens (tertiary/aromatic N) is 3. The summed E-state index contributed by atoms with van der Waals surface area (Å²) in [5.74, 6) is 0.801. The highest BCUT2D eigenvalue weighted by atomic mass is 19.4. The zero-order chi connectivity index (χ0) is 19.3. The first kappa shape index (κ1) is 18.2. The Morgan fingerprint density at radius 2 is 1.70 bits per heavy atom. The Hall–Kier alpha value is -3.62. The quantitative estimate of drug-likeness (QED) is 0.520. The molecule has 6 nitrogen and oxygen atoms in total. The van der Waals surface area contributed by atoms with Gasteiger partial charge >= 0.3 is 6.36 Å². The average Bonchev–Trinajstić information content (AvgIpc) is 2.62. The van der Waals surface area contributed by atoms with Gasteiger partial charge in [0.05, 0.1) is 6.21 Å². The normalized spacial score (nSPS) is 11.5. The molecule has 0 bridgehead atoms. The van der Waals surface area contributed by atoms with Gasteiger partial charge in [-0.25, -0.2) is 9.97 Å². The van der Waals surface area contributed by atoms with Crippen molar-refractivity contribution in [3.63, 3.8) is 0 Å². The molecule has 138 valence electrons. The van der Waals surface area contributed by atoms with Crippen LogP contribution >= 0.6 is 0 Å². The van der Waals surface area contributed by atoms with E-state index in [1.807, 2.05) is 30.3 Å². The summed E-state index contributed by atoms with van der Waals surface area (Å²) in [7, 11) is 0. The van der Waals surface area contributed by atoms with Crippen LogP contribution in [-0.4, -0.2) is 22.5 Å². The second-order valence-corrected chi connectivity index (χ2v) is 5.35. The number of hydrogen-bond acceptors (Lipinski definition) is 6. The second-order valence-electron chi connectivity index (χ2n) is 5.35. The minimum Gasteiger partial charge on any atom is -0.406 e. The summed E-state index contributed by atoms with van der Waals surface area (Å²) in [6.07, 6.45) is -3.29. The number of nitrogen functional groups attached to an aromatic ring is 1. The number of rotatable bonds is 5. The fourth-order valence-corrected chi connectivity index (χ4v) is 2.17. The van der Waals surface area contributed by atoms with E-state index in [1.54, 1.807) is 0 Å². The van der Waals surface area contributed by atoms with Crippen LogP contribution in [0.2, 0.25) is 0 Å². The molecule has 0 atom stereocenters. The number of alkyl halides is 3. The first-order valence-corrected chi connectivity index (χ1v) is 7.74. The lowest BCUT2D eigenvalue weighted by Gasteiger charge is -2.08. The van der Waals surface area contributed by atoms with Gasteiger partial charge in [-0.05, 0) is 29.8 Å². The van der Waals surface area contributed by atoms with E-state index < -0.39 is 6.36 Å². The first-order chi connectivity index (χ1) is 12.9. The van der Waals surface area contributed by atoms with Crippen LogP contribution in [0.3, 0.4) is 0 Å². The minimum absolute atomic E-state index is 0.273. The van der Waals surface area contributed by atoms with Crippen LogP contribution in [0.15, 0.2) is 65.8 Å². The summed E-state index contributed by atoms with van der Waals surface area (Å²) >= 11 is 0. The molecule has 0 aliphatic heterocycles. The fraction of sp³-hybridized carbons (Fsp3) is 0.0556. The largest absolute Gasteiger partial charge is 0.573 e. The van der Waals surface area contributed by atoms with Crippen LogP contribution in [0.5, 0.6) is 5.75 Å². The van der Waals surface area contributed by atoms with Crippen molar-refractivity contribution in [2.45, 2.75) is 6.36 Å². The van der Waals surface area contributed by atoms with E-state index in [2.05, 4.69) is 25.2 Å². The molecular weight excluding hydrogens is 359 g/mol. The van der Waals surface area contributed by atoms with Crippen molar-refractivity contribution in [1.29, 1.82) is 0 Å². The maximum absolute atomic E-state index is 12.1. The maximum Gasteiger partial charge on any atom is 0.573 e. The zero-order valence-electron chi connectivity index (χ0n) is 13.8. The number of halogens is 3. The number of ether oxygens (including phenoxy) is 1. The van der Waals surface area contributed by atoms with E-state index in [0.29, 0.717) is 17.2 Å². The number of hydrazone groups is 1. The van der Waals surface area contributed by atoms with Crippen molar-refractivity contribution in [2.24, 2.45) is 5.10 Å². The van der Waals surface area contributed by atoms with Crippen LogP contribution in [0.25, 0.3) is 11.4 Å². The topological polar surface area (TPSA) is 85.4 Å². The highest BCUT2D eigenvalue weighted by Gasteiger charge is 2.30. The number of benzene rings is 2. The molecule has 0 unspecified atom stereocenters. The second kappa shape index (κ2) is 7.73. The van der Waals surface area contributed by atoms with Crippen LogP contribution in [0.1, 0.15) is 5.56 Å². The zero-order valence-corrected chi connectivity index (χ0v) is 13.8. The van der Waals surface area contributed by atoms with Crippen LogP contribution in [0, 0.1) is 0 Å². The van der Waals surface area contributed by atoms with Gasteiger partial charge in [0.25, 0.3) is 0 Å². The number of hydrogen-bond donors (Lipinski definition) is 2. The third-order valence-corrected chi connectivity index (χ3v) is 3.28. The predicted octanol–water partition coefficient (Wildman–Crippen LogP) is 4.07. The van der Waals surface area contributed by atoms with E-state index in [4.69, 9.17) is 5.73 Å². The molecule has 9 heteroatoms. The molecular formula is C18H14F3N5O. The molecule has 0 radical (unpaired) electrons. The number of nitrogens with two attached hydrogens (primary N) is 1. The summed E-state index contributed by atoms with van der Waals surface area (Å²) in [6.45, 7) is 0. The van der Waals surface area contributed by atoms with Gasteiger partial charge in [0, 0.05) is 11.6 Å². The summed E-state index contributed by atoms with van der Waals surface area (Å²) in [5.41, 5.74) is 9.90. The van der Waals surface area contributed by atoms with E-state index in [-0.39, 0.29) is 11.6 Å². The summed E-state index contributed by atoms with van der Waals surface area (Å²) in [5, 5.41) is 4.01. The highest BCUT2D eigenvalue weighted by molar-refractivity contribution is 5.80. The predicted molar refractivity (Wildman–Crippen MR) is 96.2 cm³/mol. The summed E-state index contributed by atoms with van der Waals surface area (Å²) < 4.78 is 40.2. The standard InChI is InChI=1S/C18H14F3N5O/c19-18(20,21)27-14-8-6-12(7-9-14)11-23-26-16-10-15(22)24-17(25-16)13-4-2-1-3-5-13/h1-11H,(H3,22,24,25,26). The smallest absolute Gasteiger partial charge is 0.406 e. The first-order valence-electron chi connectivity index (χ1n) is 7.74. The Balaban J connectivity index is 1.68. The number of anilines is 2. The maximum atomic E-state index is 12.1. The lowest BCUT2D eigenvalue weighted by atomic mass is 10.2. The Labute approximate surface area is 152 Å². The fourth-order valence-electron chi connectivity index (χ4n) is 2.17. The molecule has 3 aromatic rings. The SMILES string of the molecule is Nc1cc(NN=Cc2ccc(OC(F)(F)F)cc2)nc(-c2ccccc2)n1. The van der Waals surface area contributed by atoms with Crippen molar-refractivity contribution >= 4 is 17.9 Å². The molecule has 0 aliphatic rings. The molecule has 0 spiro atoms. The molecule has 1 heterocycles. The highest BCUT2D eigenvalue weighted by Crippen LogP contribution is 2.22. The molecule has 2 aromatic carbocycles. The van der Waals surface area contributed by atoms with Crippen LogP contribution in [0.4, 0.5) is 24.8 Å². The Kier molecular flexibility index (Phi) is 5.20. The third-order valence-electron chi connectivity index (χ3n) is 3.28. The van der Waals surface area contributed by atoms with Gasteiger partial charge in [-0.15, -0.1) is 13.2 Å². The Morgan fingerprint density at radius 1 is 1.00 bits per heavy atom. The van der Waals surface area contributed by atoms with E-state index >= 15 is 0 Å². The van der Waals surface area contributed by atoms with Crippen molar-refractivity contribution in [1.82, 2.24) is 9.97 Å². The van der Waals surface area contributed by atoms with Gasteiger partial charge in [-0.3, -0.25) is 5.43 Å². The van der Waals surface area contributed by atoms with Gasteiger partial charge < -0.3 is 10.5 Å². The lowest BCUT2D eigenvalue weighted by Crippen LogP contribution is -2.17. The van der Waals surface area contributed by atoms with Crippen molar-refractivity contribution in [2.75, 3.05) is 11.2 Å². The lowest BCUT2D eigenvalue weighted by molar-refractivity contribution is -0.274. The average molecular weight is 373 g/mol. The van der Waals surface area contributed by atoms with Gasteiger partial charge in [0.1, 0.15) is 11.6 Å². The molecule has 0 amide bonds. The Morgan fingerprint density at radius 3 is 2.37 bits per heavy atom. The molecule has 3 N–H and O–H groups in total. The van der Waals surface area contributed by atoms with Crippen LogP contribution in [-0.2, 0) is 0 Å². The molecule has 3 rings (SSSR count). The summed E-state index contributed by atoms with van der Waals surface area (Å²) in [4.78, 5) is 8.51. The van der Waals surface area contributed by atoms with Gasteiger partial charge in [-0.2, -0.15) is 5.10 Å². The third kappa shape index (κ3) is 5.43. The summed E-state index contributed by atoms with van der Waals surface area (Å²) in [6, 6.07) is 16.1. The van der Waals surface area contributed by atoms with Crippen LogP contribution < -0.4 is 15.9 Å². The minimum atomic E-state index is -4.72. The molecule has 27 heavy (non-hydrogen) atoms. The van der Waals surface area contributed by atoms with Gasteiger partial charge in [0.2, 0.25) is 0 Å².